The number of nitrogens with zero attached hydrogens (tertiary/aromatic N) is 5. The molecule has 126 valence electrons. The molecule has 0 atom stereocenters. The topological polar surface area (TPSA) is 65.8 Å². The van der Waals surface area contributed by atoms with Crippen LogP contribution >= 0.6 is 0 Å². The maximum absolute atomic E-state index is 11.4. The molecule has 23 heavy (non-hydrogen) atoms. The van der Waals surface area contributed by atoms with Gasteiger partial charge in [0.1, 0.15) is 5.69 Å². The van der Waals surface area contributed by atoms with E-state index >= 15 is 0 Å². The first-order valence-corrected chi connectivity index (χ1v) is 8.37. The van der Waals surface area contributed by atoms with Crippen LogP contribution in [0.4, 0.5) is 17.2 Å². The van der Waals surface area contributed by atoms with Gasteiger partial charge in [-0.05, 0) is 41.8 Å². The Morgan fingerprint density at radius 3 is 2.39 bits per heavy atom. The van der Waals surface area contributed by atoms with Gasteiger partial charge in [0.05, 0.1) is 5.69 Å². The van der Waals surface area contributed by atoms with Crippen molar-refractivity contribution in [2.24, 2.45) is 5.92 Å². The number of anilines is 2. The standard InChI is InChI=1S/C16H25N5O2/c1-13-3-5-20(6-4-13)15-11-14(12-17-16(15)21(22)23)19-9-7-18(2)8-10-19/h11-13H,3-10H2,1-2H3. The van der Waals surface area contributed by atoms with Crippen molar-refractivity contribution in [3.05, 3.63) is 22.4 Å². The average molecular weight is 319 g/mol. The molecule has 0 bridgehead atoms. The maximum atomic E-state index is 11.4. The van der Waals surface area contributed by atoms with Crippen LogP contribution in [0.15, 0.2) is 12.3 Å². The number of likely N-dealkylation sites (N-methyl/N-ethyl adjacent to an activating group) is 1. The molecule has 3 rings (SSSR count). The summed E-state index contributed by atoms with van der Waals surface area (Å²) in [4.78, 5) is 21.9. The zero-order valence-corrected chi connectivity index (χ0v) is 13.9. The van der Waals surface area contributed by atoms with Crippen molar-refractivity contribution < 1.29 is 4.92 Å². The van der Waals surface area contributed by atoms with Crippen molar-refractivity contribution in [2.45, 2.75) is 19.8 Å². The third-order valence-corrected chi connectivity index (χ3v) is 5.00. The Kier molecular flexibility index (Phi) is 4.66. The molecule has 2 aliphatic rings. The molecular formula is C16H25N5O2. The molecule has 0 aliphatic carbocycles. The summed E-state index contributed by atoms with van der Waals surface area (Å²) in [7, 11) is 2.12. The van der Waals surface area contributed by atoms with Crippen molar-refractivity contribution in [1.82, 2.24) is 9.88 Å². The molecule has 7 heteroatoms. The molecule has 0 N–H and O–H groups in total. The first kappa shape index (κ1) is 16.0. The average Bonchev–Trinajstić information content (AvgIpc) is 2.55. The SMILES string of the molecule is CC1CCN(c2cc(N3CCN(C)CC3)cnc2[N+](=O)[O-])CC1. The van der Waals surface area contributed by atoms with Gasteiger partial charge in [-0.25, -0.2) is 0 Å². The first-order chi connectivity index (χ1) is 11.0. The predicted molar refractivity (Wildman–Crippen MR) is 91.2 cm³/mol. The number of rotatable bonds is 3. The Morgan fingerprint density at radius 1 is 1.13 bits per heavy atom. The minimum atomic E-state index is -0.360. The van der Waals surface area contributed by atoms with Gasteiger partial charge in [-0.1, -0.05) is 6.92 Å². The zero-order valence-electron chi connectivity index (χ0n) is 13.9. The summed E-state index contributed by atoms with van der Waals surface area (Å²) >= 11 is 0. The third-order valence-electron chi connectivity index (χ3n) is 5.00. The smallest absolute Gasteiger partial charge is 0.366 e. The van der Waals surface area contributed by atoms with E-state index in [4.69, 9.17) is 0 Å². The van der Waals surface area contributed by atoms with Crippen molar-refractivity contribution in [3.63, 3.8) is 0 Å². The normalized spacial score (nSPS) is 20.8. The molecule has 1 aromatic rings. The Balaban J connectivity index is 1.86. The van der Waals surface area contributed by atoms with Crippen molar-refractivity contribution >= 4 is 17.2 Å². The molecule has 0 saturated carbocycles. The molecular weight excluding hydrogens is 294 g/mol. The molecule has 2 aliphatic heterocycles. The van der Waals surface area contributed by atoms with Crippen LogP contribution in [0.3, 0.4) is 0 Å². The number of aromatic nitrogens is 1. The van der Waals surface area contributed by atoms with Gasteiger partial charge in [-0.2, -0.15) is 0 Å². The van der Waals surface area contributed by atoms with E-state index in [1.54, 1.807) is 6.20 Å². The summed E-state index contributed by atoms with van der Waals surface area (Å²) in [6, 6.07) is 1.96. The second-order valence-corrected chi connectivity index (χ2v) is 6.75. The maximum Gasteiger partial charge on any atom is 0.387 e. The summed E-state index contributed by atoms with van der Waals surface area (Å²) in [6.45, 7) is 7.87. The molecule has 7 nitrogen and oxygen atoms in total. The lowest BCUT2D eigenvalue weighted by atomic mass is 9.99. The van der Waals surface area contributed by atoms with Gasteiger partial charge >= 0.3 is 5.82 Å². The fraction of sp³-hybridized carbons (Fsp3) is 0.688. The minimum absolute atomic E-state index is 0.0163. The summed E-state index contributed by atoms with van der Waals surface area (Å²) < 4.78 is 0. The third kappa shape index (κ3) is 3.55. The summed E-state index contributed by atoms with van der Waals surface area (Å²) in [5, 5.41) is 11.4. The quantitative estimate of drug-likeness (QED) is 0.627. The van der Waals surface area contributed by atoms with E-state index in [1.807, 2.05) is 6.07 Å². The Labute approximate surface area is 137 Å². The van der Waals surface area contributed by atoms with E-state index in [0.29, 0.717) is 11.6 Å². The van der Waals surface area contributed by atoms with Crippen LogP contribution < -0.4 is 9.80 Å². The second kappa shape index (κ2) is 6.70. The molecule has 3 heterocycles. The van der Waals surface area contributed by atoms with Crippen LogP contribution in [0, 0.1) is 16.0 Å². The first-order valence-electron chi connectivity index (χ1n) is 8.37. The van der Waals surface area contributed by atoms with Crippen molar-refractivity contribution in [2.75, 3.05) is 56.1 Å². The van der Waals surface area contributed by atoms with Gasteiger partial charge in [0.15, 0.2) is 6.20 Å². The minimum Gasteiger partial charge on any atom is -0.366 e. The fourth-order valence-electron chi connectivity index (χ4n) is 3.30. The molecule has 0 aromatic carbocycles. The highest BCUT2D eigenvalue weighted by Gasteiger charge is 2.26. The largest absolute Gasteiger partial charge is 0.387 e. The van der Waals surface area contributed by atoms with E-state index in [-0.39, 0.29) is 10.7 Å². The van der Waals surface area contributed by atoms with Crippen LogP contribution in [-0.4, -0.2) is 61.1 Å². The number of pyridine rings is 1. The van der Waals surface area contributed by atoms with Gasteiger partial charge < -0.3 is 24.8 Å². The molecule has 0 radical (unpaired) electrons. The van der Waals surface area contributed by atoms with E-state index in [2.05, 4.69) is 33.7 Å². The van der Waals surface area contributed by atoms with Crippen LogP contribution in [0.2, 0.25) is 0 Å². The fourth-order valence-corrected chi connectivity index (χ4v) is 3.30. The number of piperidine rings is 1. The Bertz CT molecular complexity index is 564. The van der Waals surface area contributed by atoms with Gasteiger partial charge in [0.2, 0.25) is 0 Å². The summed E-state index contributed by atoms with van der Waals surface area (Å²) in [6.07, 6.45) is 3.81. The number of nitro groups is 1. The summed E-state index contributed by atoms with van der Waals surface area (Å²) in [5.41, 5.74) is 1.68. The number of hydrogen-bond acceptors (Lipinski definition) is 6. The Hall–Kier alpha value is -1.89. The number of hydrogen-bond donors (Lipinski definition) is 0. The monoisotopic (exact) mass is 319 g/mol. The molecule has 2 saturated heterocycles. The molecule has 0 unspecified atom stereocenters. The highest BCUT2D eigenvalue weighted by Crippen LogP contribution is 2.33. The van der Waals surface area contributed by atoms with Gasteiger partial charge in [-0.15, -0.1) is 0 Å². The predicted octanol–water partition coefficient (Wildman–Crippen LogP) is 1.98. The lowest BCUT2D eigenvalue weighted by Gasteiger charge is -2.35. The van der Waals surface area contributed by atoms with Gasteiger partial charge in [-0.3, -0.25) is 0 Å². The second-order valence-electron chi connectivity index (χ2n) is 6.75. The molecule has 0 spiro atoms. The van der Waals surface area contributed by atoms with Crippen LogP contribution in [-0.2, 0) is 0 Å². The lowest BCUT2D eigenvalue weighted by Crippen LogP contribution is -2.44. The molecule has 1 aromatic heterocycles. The highest BCUT2D eigenvalue weighted by atomic mass is 16.6. The van der Waals surface area contributed by atoms with Crippen LogP contribution in [0.25, 0.3) is 0 Å². The lowest BCUT2D eigenvalue weighted by molar-refractivity contribution is -0.388. The van der Waals surface area contributed by atoms with Crippen molar-refractivity contribution in [3.8, 4) is 0 Å². The van der Waals surface area contributed by atoms with E-state index in [1.165, 1.54) is 0 Å². The van der Waals surface area contributed by atoms with E-state index in [0.717, 1.165) is 57.8 Å². The van der Waals surface area contributed by atoms with E-state index < -0.39 is 0 Å². The summed E-state index contributed by atoms with van der Waals surface area (Å²) in [5.74, 6) is 0.677. The van der Waals surface area contributed by atoms with E-state index in [9.17, 15) is 10.1 Å². The highest BCUT2D eigenvalue weighted by molar-refractivity contribution is 5.66. The van der Waals surface area contributed by atoms with Crippen molar-refractivity contribution in [1.29, 1.82) is 0 Å². The Morgan fingerprint density at radius 2 is 1.78 bits per heavy atom. The zero-order chi connectivity index (χ0) is 16.4. The van der Waals surface area contributed by atoms with Crippen LogP contribution in [0.1, 0.15) is 19.8 Å². The number of piperazine rings is 1. The molecule has 2 fully saturated rings. The van der Waals surface area contributed by atoms with Gasteiger partial charge in [0, 0.05) is 39.3 Å². The van der Waals surface area contributed by atoms with Gasteiger partial charge in [0.25, 0.3) is 0 Å². The van der Waals surface area contributed by atoms with Crippen LogP contribution in [0.5, 0.6) is 0 Å². The molecule has 0 amide bonds.